The van der Waals surface area contributed by atoms with E-state index in [2.05, 4.69) is 10.2 Å². The van der Waals surface area contributed by atoms with Crippen LogP contribution in [0.3, 0.4) is 0 Å². The number of hydrogen-bond donors (Lipinski definition) is 1. The molecule has 2 amide bonds. The number of fused-ring (bicyclic) bond motifs is 2. The van der Waals surface area contributed by atoms with Crippen LogP contribution in [-0.2, 0) is 9.53 Å². The molecule has 0 aliphatic carbocycles. The summed E-state index contributed by atoms with van der Waals surface area (Å²) in [7, 11) is 1.40. The molecule has 7 nitrogen and oxygen atoms in total. The lowest BCUT2D eigenvalue weighted by Gasteiger charge is -2.34. The highest BCUT2D eigenvalue weighted by Crippen LogP contribution is 2.43. The van der Waals surface area contributed by atoms with Crippen molar-refractivity contribution < 1.29 is 19.1 Å². The van der Waals surface area contributed by atoms with Gasteiger partial charge in [0.05, 0.1) is 13.0 Å². The number of methoxy groups -OCH3 is 1. The third kappa shape index (κ3) is 4.52. The molecule has 4 rings (SSSR count). The van der Waals surface area contributed by atoms with Gasteiger partial charge in [0, 0.05) is 50.4 Å². The van der Waals surface area contributed by atoms with Crippen LogP contribution in [0.5, 0.6) is 11.5 Å². The molecule has 160 valence electrons. The number of ether oxygens (including phenoxy) is 2. The lowest BCUT2D eigenvalue weighted by Crippen LogP contribution is -2.50. The predicted molar refractivity (Wildman–Crippen MR) is 115 cm³/mol. The Bertz CT molecular complexity index is 854. The van der Waals surface area contributed by atoms with Crippen LogP contribution in [0.4, 0.5) is 4.79 Å². The Kier molecular flexibility index (Phi) is 7.18. The number of carbonyl (C=O) groups is 2. The first-order valence-corrected chi connectivity index (χ1v) is 9.86. The quantitative estimate of drug-likeness (QED) is 0.806. The summed E-state index contributed by atoms with van der Waals surface area (Å²) >= 11 is 0. The smallest absolute Gasteiger partial charge is 0.409 e. The van der Waals surface area contributed by atoms with Crippen LogP contribution in [-0.4, -0.2) is 68.2 Å². The van der Waals surface area contributed by atoms with Gasteiger partial charge in [-0.05, 0) is 12.1 Å². The number of nitrogens with zero attached hydrogens (tertiary/aromatic N) is 2. The third-order valence-electron chi connectivity index (χ3n) is 5.47. The van der Waals surface area contributed by atoms with Crippen LogP contribution in [0.2, 0.25) is 0 Å². The lowest BCUT2D eigenvalue weighted by molar-refractivity contribution is -0.121. The first-order valence-electron chi connectivity index (χ1n) is 9.86. The second kappa shape index (κ2) is 9.82. The summed E-state index contributed by atoms with van der Waals surface area (Å²) in [4.78, 5) is 28.6. The number of rotatable bonds is 4. The van der Waals surface area contributed by atoms with E-state index in [0.717, 1.165) is 42.3 Å². The fourth-order valence-corrected chi connectivity index (χ4v) is 3.91. The van der Waals surface area contributed by atoms with E-state index in [1.165, 1.54) is 7.11 Å². The van der Waals surface area contributed by atoms with Crippen molar-refractivity contribution in [2.24, 2.45) is 0 Å². The van der Waals surface area contributed by atoms with Gasteiger partial charge in [0.25, 0.3) is 0 Å². The van der Waals surface area contributed by atoms with Gasteiger partial charge in [-0.15, -0.1) is 12.4 Å². The molecule has 1 saturated heterocycles. The van der Waals surface area contributed by atoms with Crippen molar-refractivity contribution in [3.63, 3.8) is 0 Å². The van der Waals surface area contributed by atoms with Crippen molar-refractivity contribution in [2.45, 2.75) is 5.92 Å². The maximum atomic E-state index is 13.1. The molecule has 2 aliphatic heterocycles. The van der Waals surface area contributed by atoms with E-state index in [9.17, 15) is 9.59 Å². The molecule has 2 heterocycles. The Morgan fingerprint density at radius 1 is 1.00 bits per heavy atom. The summed E-state index contributed by atoms with van der Waals surface area (Å²) < 4.78 is 10.7. The summed E-state index contributed by atoms with van der Waals surface area (Å²) in [6, 6.07) is 15.4. The second-order valence-electron chi connectivity index (χ2n) is 7.20. The molecule has 2 aliphatic rings. The number of carbonyl (C=O) groups excluding carboxylic acids is 2. The molecule has 0 saturated carbocycles. The van der Waals surface area contributed by atoms with Crippen molar-refractivity contribution in [1.29, 1.82) is 0 Å². The Hall–Kier alpha value is -2.77. The molecular formula is C22H26ClN3O4. The molecule has 0 unspecified atom stereocenters. The lowest BCUT2D eigenvalue weighted by atomic mass is 9.87. The standard InChI is InChI=1S/C22H25N3O4.ClH/c1-28-22(27)25-14-12-24(13-15-25)11-10-23-21(26)20-16-6-2-4-8-18(16)29-19-9-5-3-7-17(19)20;/h2-9,20H,10-15H2,1H3,(H,23,26);1H. The average Bonchev–Trinajstić information content (AvgIpc) is 2.77. The topological polar surface area (TPSA) is 71.1 Å². The Morgan fingerprint density at radius 3 is 2.13 bits per heavy atom. The minimum Gasteiger partial charge on any atom is -0.457 e. The van der Waals surface area contributed by atoms with Crippen molar-refractivity contribution in [1.82, 2.24) is 15.1 Å². The highest BCUT2D eigenvalue weighted by Gasteiger charge is 2.32. The van der Waals surface area contributed by atoms with E-state index in [0.29, 0.717) is 19.6 Å². The summed E-state index contributed by atoms with van der Waals surface area (Å²) in [5.41, 5.74) is 1.77. The van der Waals surface area contributed by atoms with Crippen LogP contribution in [0.25, 0.3) is 0 Å². The summed E-state index contributed by atoms with van der Waals surface area (Å²) in [5, 5.41) is 3.09. The number of piperazine rings is 1. The highest BCUT2D eigenvalue weighted by molar-refractivity contribution is 5.89. The largest absolute Gasteiger partial charge is 0.457 e. The van der Waals surface area contributed by atoms with Gasteiger partial charge >= 0.3 is 6.09 Å². The molecule has 2 aromatic carbocycles. The van der Waals surface area contributed by atoms with Crippen molar-refractivity contribution >= 4 is 24.4 Å². The van der Waals surface area contributed by atoms with Crippen molar-refractivity contribution in [3.8, 4) is 11.5 Å². The maximum absolute atomic E-state index is 13.1. The fourth-order valence-electron chi connectivity index (χ4n) is 3.91. The van der Waals surface area contributed by atoms with E-state index >= 15 is 0 Å². The molecule has 2 aromatic rings. The van der Waals surface area contributed by atoms with Gasteiger partial charge in [0.15, 0.2) is 0 Å². The number of amides is 2. The second-order valence-corrected chi connectivity index (χ2v) is 7.20. The van der Waals surface area contributed by atoms with Gasteiger partial charge in [0.2, 0.25) is 5.91 Å². The van der Waals surface area contributed by atoms with Gasteiger partial charge in [-0.2, -0.15) is 0 Å². The molecule has 8 heteroatoms. The Labute approximate surface area is 182 Å². The molecule has 0 atom stereocenters. The predicted octanol–water partition coefficient (Wildman–Crippen LogP) is 2.85. The summed E-state index contributed by atoms with van der Waals surface area (Å²) in [6.07, 6.45) is -0.283. The van der Waals surface area contributed by atoms with Crippen molar-refractivity contribution in [3.05, 3.63) is 59.7 Å². The number of halogens is 1. The van der Waals surface area contributed by atoms with E-state index in [4.69, 9.17) is 9.47 Å². The van der Waals surface area contributed by atoms with E-state index in [1.807, 2.05) is 48.5 Å². The normalized spacial score (nSPS) is 15.8. The van der Waals surface area contributed by atoms with E-state index in [1.54, 1.807) is 4.90 Å². The molecule has 30 heavy (non-hydrogen) atoms. The number of hydrogen-bond acceptors (Lipinski definition) is 5. The zero-order valence-corrected chi connectivity index (χ0v) is 17.7. The molecular weight excluding hydrogens is 406 g/mol. The first-order chi connectivity index (χ1) is 14.2. The number of para-hydroxylation sites is 2. The molecule has 0 radical (unpaired) electrons. The average molecular weight is 432 g/mol. The summed E-state index contributed by atoms with van der Waals surface area (Å²) in [5.74, 6) is 1.05. The zero-order valence-electron chi connectivity index (χ0n) is 16.9. The summed E-state index contributed by atoms with van der Waals surface area (Å²) in [6.45, 7) is 4.12. The SMILES string of the molecule is COC(=O)N1CCN(CCNC(=O)C2c3ccccc3Oc3ccccc32)CC1.Cl. The van der Waals surface area contributed by atoms with Gasteiger partial charge < -0.3 is 19.7 Å². The maximum Gasteiger partial charge on any atom is 0.409 e. The Morgan fingerprint density at radius 2 is 1.57 bits per heavy atom. The monoisotopic (exact) mass is 431 g/mol. The molecule has 0 aromatic heterocycles. The van der Waals surface area contributed by atoms with Gasteiger partial charge in [-0.1, -0.05) is 36.4 Å². The fraction of sp³-hybridized carbons (Fsp3) is 0.364. The highest BCUT2D eigenvalue weighted by atomic mass is 35.5. The molecule has 1 fully saturated rings. The number of nitrogens with one attached hydrogen (secondary N) is 1. The van der Waals surface area contributed by atoms with Gasteiger partial charge in [0.1, 0.15) is 11.5 Å². The van der Waals surface area contributed by atoms with Gasteiger partial charge in [-0.3, -0.25) is 9.69 Å². The van der Waals surface area contributed by atoms with E-state index in [-0.39, 0.29) is 30.3 Å². The Balaban J connectivity index is 0.00000256. The third-order valence-corrected chi connectivity index (χ3v) is 5.47. The first kappa shape index (κ1) is 21.9. The molecule has 0 spiro atoms. The minimum atomic E-state index is -0.382. The van der Waals surface area contributed by atoms with Crippen LogP contribution in [0.15, 0.2) is 48.5 Å². The molecule has 0 bridgehead atoms. The van der Waals surface area contributed by atoms with E-state index < -0.39 is 0 Å². The van der Waals surface area contributed by atoms with Gasteiger partial charge in [-0.25, -0.2) is 4.79 Å². The minimum absolute atomic E-state index is 0. The zero-order chi connectivity index (χ0) is 20.2. The van der Waals surface area contributed by atoms with Crippen LogP contribution < -0.4 is 10.1 Å². The van der Waals surface area contributed by atoms with Crippen molar-refractivity contribution in [2.75, 3.05) is 46.4 Å². The number of benzene rings is 2. The van der Waals surface area contributed by atoms with Crippen LogP contribution in [0, 0.1) is 0 Å². The van der Waals surface area contributed by atoms with Crippen LogP contribution in [0.1, 0.15) is 17.0 Å². The molecule has 1 N–H and O–H groups in total. The van der Waals surface area contributed by atoms with Crippen LogP contribution >= 0.6 is 12.4 Å².